The maximum atomic E-state index is 11.7. The number of hydrogen-bond acceptors (Lipinski definition) is 4. The molecule has 1 aromatic rings. The zero-order chi connectivity index (χ0) is 16.3. The first kappa shape index (κ1) is 17.3. The Labute approximate surface area is 125 Å². The number of phenolic OH excluding ortho intramolecular Hbond substituents is 1. The minimum atomic E-state index is -0.572. The lowest BCUT2D eigenvalue weighted by molar-refractivity contribution is 0.0636. The van der Waals surface area contributed by atoms with Crippen molar-refractivity contribution in [3.05, 3.63) is 23.8 Å². The van der Waals surface area contributed by atoms with E-state index in [1.54, 1.807) is 32.9 Å². The van der Waals surface area contributed by atoms with Gasteiger partial charge in [0.2, 0.25) is 0 Å². The number of nitrogens with one attached hydrogen (secondary N) is 1. The molecule has 0 unspecified atom stereocenters. The second-order valence-electron chi connectivity index (χ2n) is 6.97. The minimum absolute atomic E-state index is 0.0321. The van der Waals surface area contributed by atoms with Crippen LogP contribution in [0.15, 0.2) is 18.2 Å². The van der Waals surface area contributed by atoms with Crippen molar-refractivity contribution in [1.29, 1.82) is 0 Å². The molecule has 0 saturated carbocycles. The highest BCUT2D eigenvalue weighted by Crippen LogP contribution is 2.29. The lowest BCUT2D eigenvalue weighted by Gasteiger charge is -2.22. The zero-order valence-electron chi connectivity index (χ0n) is 13.4. The summed E-state index contributed by atoms with van der Waals surface area (Å²) in [7, 11) is 0. The first-order valence-corrected chi connectivity index (χ1v) is 6.95. The average Bonchev–Trinajstić information content (AvgIpc) is 2.30. The van der Waals surface area contributed by atoms with Crippen LogP contribution in [-0.4, -0.2) is 28.5 Å². The number of aliphatic hydroxyl groups is 1. The Balaban J connectivity index is 2.77. The van der Waals surface area contributed by atoms with E-state index in [1.165, 1.54) is 6.07 Å². The normalized spacial score (nSPS) is 12.1. The summed E-state index contributed by atoms with van der Waals surface area (Å²) in [5.41, 5.74) is 0.311. The Morgan fingerprint density at radius 2 is 1.86 bits per heavy atom. The van der Waals surface area contributed by atoms with E-state index in [-0.39, 0.29) is 17.8 Å². The molecule has 0 bridgehead atoms. The summed E-state index contributed by atoms with van der Waals surface area (Å²) < 4.78 is 5.14. The first-order chi connectivity index (χ1) is 9.52. The van der Waals surface area contributed by atoms with Crippen molar-refractivity contribution >= 4 is 11.8 Å². The zero-order valence-corrected chi connectivity index (χ0v) is 13.4. The molecule has 3 N–H and O–H groups in total. The SMILES string of the molecule is CC(C)(CO)Cc1ccc(NC(=O)OC(C)(C)C)cc1O. The lowest BCUT2D eigenvalue weighted by atomic mass is 9.86. The summed E-state index contributed by atoms with van der Waals surface area (Å²) in [6.07, 6.45) is -0.0208. The highest BCUT2D eigenvalue weighted by Gasteiger charge is 2.20. The average molecular weight is 295 g/mol. The summed E-state index contributed by atoms with van der Waals surface area (Å²) in [6, 6.07) is 4.92. The molecule has 0 radical (unpaired) electrons. The molecule has 1 amide bonds. The summed E-state index contributed by atoms with van der Waals surface area (Å²) >= 11 is 0. The van der Waals surface area contributed by atoms with Crippen LogP contribution in [0.4, 0.5) is 10.5 Å². The van der Waals surface area contributed by atoms with Crippen LogP contribution in [0.3, 0.4) is 0 Å². The number of rotatable bonds is 4. The van der Waals surface area contributed by atoms with E-state index in [0.717, 1.165) is 5.56 Å². The van der Waals surface area contributed by atoms with Crippen LogP contribution in [-0.2, 0) is 11.2 Å². The quantitative estimate of drug-likeness (QED) is 0.796. The lowest BCUT2D eigenvalue weighted by Crippen LogP contribution is -2.27. The van der Waals surface area contributed by atoms with E-state index in [9.17, 15) is 15.0 Å². The van der Waals surface area contributed by atoms with Gasteiger partial charge in [-0.1, -0.05) is 19.9 Å². The van der Waals surface area contributed by atoms with Gasteiger partial charge in [0, 0.05) is 18.4 Å². The summed E-state index contributed by atoms with van der Waals surface area (Å²) in [5.74, 6) is 0.0880. The van der Waals surface area contributed by atoms with Gasteiger partial charge in [-0.05, 0) is 44.2 Å². The molecule has 0 heterocycles. The summed E-state index contributed by atoms with van der Waals surface area (Å²) in [4.78, 5) is 11.7. The van der Waals surface area contributed by atoms with Crippen molar-refractivity contribution in [1.82, 2.24) is 0 Å². The van der Waals surface area contributed by atoms with E-state index in [2.05, 4.69) is 5.32 Å². The molecule has 0 aliphatic carbocycles. The fraction of sp³-hybridized carbons (Fsp3) is 0.562. The smallest absolute Gasteiger partial charge is 0.412 e. The maximum Gasteiger partial charge on any atom is 0.412 e. The van der Waals surface area contributed by atoms with Crippen LogP contribution < -0.4 is 5.32 Å². The second-order valence-corrected chi connectivity index (χ2v) is 6.97. The Hall–Kier alpha value is -1.75. The molecule has 0 aliphatic rings. The van der Waals surface area contributed by atoms with Crippen molar-refractivity contribution in [2.75, 3.05) is 11.9 Å². The van der Waals surface area contributed by atoms with E-state index in [0.29, 0.717) is 12.1 Å². The van der Waals surface area contributed by atoms with Gasteiger partial charge < -0.3 is 14.9 Å². The van der Waals surface area contributed by atoms with Gasteiger partial charge in [-0.2, -0.15) is 0 Å². The third kappa shape index (κ3) is 6.04. The van der Waals surface area contributed by atoms with Crippen LogP contribution in [0.25, 0.3) is 0 Å². The van der Waals surface area contributed by atoms with Crippen LogP contribution >= 0.6 is 0 Å². The van der Waals surface area contributed by atoms with Crippen molar-refractivity contribution in [3.8, 4) is 5.75 Å². The van der Waals surface area contributed by atoms with Gasteiger partial charge in [0.25, 0.3) is 0 Å². The Morgan fingerprint density at radius 3 is 2.33 bits per heavy atom. The summed E-state index contributed by atoms with van der Waals surface area (Å²) in [5, 5.41) is 21.9. The van der Waals surface area contributed by atoms with E-state index in [4.69, 9.17) is 4.74 Å². The van der Waals surface area contributed by atoms with Crippen LogP contribution in [0.1, 0.15) is 40.2 Å². The van der Waals surface area contributed by atoms with Gasteiger partial charge in [0.15, 0.2) is 0 Å². The van der Waals surface area contributed by atoms with Gasteiger partial charge in [-0.15, -0.1) is 0 Å². The minimum Gasteiger partial charge on any atom is -0.508 e. The number of benzene rings is 1. The van der Waals surface area contributed by atoms with Crippen molar-refractivity contribution in [2.24, 2.45) is 5.41 Å². The molecule has 5 heteroatoms. The number of ether oxygens (including phenoxy) is 1. The first-order valence-electron chi connectivity index (χ1n) is 6.95. The van der Waals surface area contributed by atoms with Crippen molar-refractivity contribution in [2.45, 2.75) is 46.6 Å². The number of anilines is 1. The van der Waals surface area contributed by atoms with Gasteiger partial charge >= 0.3 is 6.09 Å². The fourth-order valence-electron chi connectivity index (χ4n) is 1.78. The van der Waals surface area contributed by atoms with Crippen molar-refractivity contribution < 1.29 is 19.7 Å². The van der Waals surface area contributed by atoms with E-state index in [1.807, 2.05) is 13.8 Å². The van der Waals surface area contributed by atoms with Crippen LogP contribution in [0.5, 0.6) is 5.75 Å². The maximum absolute atomic E-state index is 11.7. The van der Waals surface area contributed by atoms with E-state index < -0.39 is 11.7 Å². The third-order valence-corrected chi connectivity index (χ3v) is 2.83. The monoisotopic (exact) mass is 295 g/mol. The van der Waals surface area contributed by atoms with Gasteiger partial charge in [-0.25, -0.2) is 4.79 Å². The number of carbonyl (C=O) groups is 1. The molecule has 1 rings (SSSR count). The summed E-state index contributed by atoms with van der Waals surface area (Å²) in [6.45, 7) is 9.21. The molecule has 0 saturated heterocycles. The molecular weight excluding hydrogens is 270 g/mol. The molecule has 5 nitrogen and oxygen atoms in total. The Bertz CT molecular complexity index is 503. The van der Waals surface area contributed by atoms with E-state index >= 15 is 0 Å². The Kier molecular flexibility index (Phi) is 5.23. The number of aliphatic hydroxyl groups excluding tert-OH is 1. The molecule has 0 aliphatic heterocycles. The molecule has 0 spiro atoms. The predicted octanol–water partition coefficient (Wildman–Crippen LogP) is 3.30. The van der Waals surface area contributed by atoms with Gasteiger partial charge in [-0.3, -0.25) is 5.32 Å². The second kappa shape index (κ2) is 6.35. The fourth-order valence-corrected chi connectivity index (χ4v) is 1.78. The predicted molar refractivity (Wildman–Crippen MR) is 82.5 cm³/mol. The van der Waals surface area contributed by atoms with Crippen molar-refractivity contribution in [3.63, 3.8) is 0 Å². The number of hydrogen-bond donors (Lipinski definition) is 3. The number of aromatic hydroxyl groups is 1. The van der Waals surface area contributed by atoms with Crippen LogP contribution in [0, 0.1) is 5.41 Å². The number of phenols is 1. The molecule has 0 aromatic heterocycles. The largest absolute Gasteiger partial charge is 0.508 e. The van der Waals surface area contributed by atoms with Crippen LogP contribution in [0.2, 0.25) is 0 Å². The Morgan fingerprint density at radius 1 is 1.24 bits per heavy atom. The number of amides is 1. The molecule has 118 valence electrons. The molecule has 1 aromatic carbocycles. The number of carbonyl (C=O) groups excluding carboxylic acids is 1. The highest BCUT2D eigenvalue weighted by molar-refractivity contribution is 5.85. The highest BCUT2D eigenvalue weighted by atomic mass is 16.6. The topological polar surface area (TPSA) is 78.8 Å². The molecular formula is C16H25NO4. The molecule has 0 fully saturated rings. The standard InChI is InChI=1S/C16H25NO4/c1-15(2,3)21-14(20)17-12-7-6-11(13(19)8-12)9-16(4,5)10-18/h6-8,18-19H,9-10H2,1-5H3,(H,17,20). The van der Waals surface area contributed by atoms with Gasteiger partial charge in [0.1, 0.15) is 11.4 Å². The molecule has 0 atom stereocenters. The van der Waals surface area contributed by atoms with Gasteiger partial charge in [0.05, 0.1) is 0 Å². The molecule has 21 heavy (non-hydrogen) atoms. The third-order valence-electron chi connectivity index (χ3n) is 2.83.